The lowest BCUT2D eigenvalue weighted by molar-refractivity contribution is 0.698. The van der Waals surface area contributed by atoms with Crippen molar-refractivity contribution in [2.45, 2.75) is 24.3 Å². The highest BCUT2D eigenvalue weighted by atomic mass is 35.5. The molecule has 1 atom stereocenters. The molecule has 0 amide bonds. The summed E-state index contributed by atoms with van der Waals surface area (Å²) in [4.78, 5) is 3.36. The number of nitrogens with zero attached hydrogens (tertiary/aromatic N) is 2. The Morgan fingerprint density at radius 2 is 2.38 bits per heavy atom. The van der Waals surface area contributed by atoms with E-state index in [4.69, 9.17) is 16.9 Å². The van der Waals surface area contributed by atoms with Gasteiger partial charge in [0.2, 0.25) is 0 Å². The minimum atomic E-state index is 0.266. The number of fused-ring (bicyclic) bond motifs is 1. The Bertz CT molecular complexity index is 453. The number of thioether (sulfide) groups is 1. The Kier molecular flexibility index (Phi) is 3.32. The van der Waals surface area contributed by atoms with Crippen molar-refractivity contribution in [1.29, 1.82) is 5.26 Å². The molecular weight excluding hydrogens is 240 g/mol. The summed E-state index contributed by atoms with van der Waals surface area (Å²) >= 11 is 8.06. The van der Waals surface area contributed by atoms with Crippen molar-refractivity contribution in [3.8, 4) is 6.07 Å². The van der Waals surface area contributed by atoms with Gasteiger partial charge < -0.3 is 4.90 Å². The van der Waals surface area contributed by atoms with Gasteiger partial charge in [-0.1, -0.05) is 11.6 Å². The molecule has 1 unspecified atom stereocenters. The molecule has 2 nitrogen and oxygen atoms in total. The van der Waals surface area contributed by atoms with Crippen molar-refractivity contribution in [3.05, 3.63) is 22.7 Å². The van der Waals surface area contributed by atoms with E-state index >= 15 is 0 Å². The van der Waals surface area contributed by atoms with Crippen LogP contribution in [0.3, 0.4) is 0 Å². The Hall–Kier alpha value is -0.850. The number of halogens is 1. The fraction of sp³-hybridized carbons (Fsp3) is 0.417. The minimum Gasteiger partial charge on any atom is -0.368 e. The molecule has 1 aliphatic rings. The van der Waals surface area contributed by atoms with E-state index in [1.54, 1.807) is 11.8 Å². The van der Waals surface area contributed by atoms with Gasteiger partial charge >= 0.3 is 0 Å². The van der Waals surface area contributed by atoms with Crippen molar-refractivity contribution in [1.82, 2.24) is 0 Å². The van der Waals surface area contributed by atoms with Gasteiger partial charge in [0.25, 0.3) is 0 Å². The zero-order valence-corrected chi connectivity index (χ0v) is 10.9. The molecule has 0 radical (unpaired) electrons. The highest BCUT2D eigenvalue weighted by Crippen LogP contribution is 2.42. The maximum atomic E-state index is 8.78. The molecule has 4 heteroatoms. The summed E-state index contributed by atoms with van der Waals surface area (Å²) in [6, 6.07) is 6.63. The molecule has 0 saturated carbocycles. The predicted octanol–water partition coefficient (Wildman–Crippen LogP) is 3.47. The number of nitriles is 1. The average molecular weight is 253 g/mol. The van der Waals surface area contributed by atoms with Crippen LogP contribution in [0.25, 0.3) is 0 Å². The zero-order chi connectivity index (χ0) is 11.7. The summed E-state index contributed by atoms with van der Waals surface area (Å²) in [5, 5.41) is 9.56. The van der Waals surface area contributed by atoms with Gasteiger partial charge in [-0.3, -0.25) is 0 Å². The molecule has 1 aromatic rings. The lowest BCUT2D eigenvalue weighted by Crippen LogP contribution is -2.36. The van der Waals surface area contributed by atoms with E-state index in [1.165, 1.54) is 10.5 Å². The van der Waals surface area contributed by atoms with E-state index in [1.807, 2.05) is 20.0 Å². The van der Waals surface area contributed by atoms with Gasteiger partial charge in [0.1, 0.15) is 0 Å². The third-order valence-corrected chi connectivity index (χ3v) is 4.29. The maximum Gasteiger partial charge on any atom is 0.0694 e. The highest BCUT2D eigenvalue weighted by molar-refractivity contribution is 7.99. The Morgan fingerprint density at radius 3 is 3.06 bits per heavy atom. The summed E-state index contributed by atoms with van der Waals surface area (Å²) in [5.41, 5.74) is 2.26. The van der Waals surface area contributed by atoms with E-state index in [0.29, 0.717) is 6.42 Å². The fourth-order valence-corrected chi connectivity index (χ4v) is 3.77. The largest absolute Gasteiger partial charge is 0.368 e. The first-order valence-corrected chi connectivity index (χ1v) is 6.52. The maximum absolute atomic E-state index is 8.78. The summed E-state index contributed by atoms with van der Waals surface area (Å²) in [5.74, 6) is 0.955. The fourth-order valence-electron chi connectivity index (χ4n) is 1.94. The lowest BCUT2D eigenvalue weighted by Gasteiger charge is -2.35. The first-order valence-electron chi connectivity index (χ1n) is 5.16. The molecule has 2 rings (SSSR count). The number of anilines is 1. The first kappa shape index (κ1) is 11.6. The van der Waals surface area contributed by atoms with E-state index in [0.717, 1.165) is 16.5 Å². The Balaban J connectivity index is 2.41. The third-order valence-electron chi connectivity index (χ3n) is 2.83. The van der Waals surface area contributed by atoms with Gasteiger partial charge in [-0.25, -0.2) is 0 Å². The van der Waals surface area contributed by atoms with Crippen molar-refractivity contribution < 1.29 is 0 Å². The molecule has 84 valence electrons. The van der Waals surface area contributed by atoms with E-state index in [2.05, 4.69) is 17.0 Å². The van der Waals surface area contributed by atoms with E-state index in [-0.39, 0.29) is 6.04 Å². The van der Waals surface area contributed by atoms with Crippen LogP contribution >= 0.6 is 23.4 Å². The molecule has 0 fully saturated rings. The molecule has 0 aromatic heterocycles. The van der Waals surface area contributed by atoms with Gasteiger partial charge in [-0.2, -0.15) is 5.26 Å². The van der Waals surface area contributed by atoms with Gasteiger partial charge in [0, 0.05) is 17.7 Å². The quantitative estimate of drug-likeness (QED) is 0.766. The lowest BCUT2D eigenvalue weighted by atomic mass is 10.1. The van der Waals surface area contributed by atoms with Crippen LogP contribution in [0, 0.1) is 18.3 Å². The first-order chi connectivity index (χ1) is 7.63. The summed E-state index contributed by atoms with van der Waals surface area (Å²) in [6.45, 7) is 2.05. The zero-order valence-electron chi connectivity index (χ0n) is 9.33. The molecule has 1 aromatic carbocycles. The second-order valence-corrected chi connectivity index (χ2v) is 5.50. The van der Waals surface area contributed by atoms with Gasteiger partial charge in [0.15, 0.2) is 0 Å². The highest BCUT2D eigenvalue weighted by Gasteiger charge is 2.25. The molecule has 0 saturated heterocycles. The van der Waals surface area contributed by atoms with Crippen LogP contribution < -0.4 is 4.90 Å². The number of rotatable bonds is 1. The van der Waals surface area contributed by atoms with Gasteiger partial charge in [-0.15, -0.1) is 11.8 Å². The third kappa shape index (κ3) is 2.00. The molecule has 0 spiro atoms. The monoisotopic (exact) mass is 252 g/mol. The molecule has 0 aliphatic carbocycles. The molecule has 1 aliphatic heterocycles. The van der Waals surface area contributed by atoms with Crippen LogP contribution in [-0.4, -0.2) is 18.8 Å². The van der Waals surface area contributed by atoms with Crippen molar-refractivity contribution in [2.75, 3.05) is 17.7 Å². The topological polar surface area (TPSA) is 27.0 Å². The predicted molar refractivity (Wildman–Crippen MR) is 69.3 cm³/mol. The average Bonchev–Trinajstić information content (AvgIpc) is 2.21. The van der Waals surface area contributed by atoms with E-state index < -0.39 is 0 Å². The van der Waals surface area contributed by atoms with Crippen LogP contribution in [0.4, 0.5) is 5.69 Å². The molecule has 0 N–H and O–H groups in total. The van der Waals surface area contributed by atoms with Crippen molar-refractivity contribution in [3.63, 3.8) is 0 Å². The van der Waals surface area contributed by atoms with Crippen molar-refractivity contribution >= 4 is 29.1 Å². The standard InChI is InChI=1S/C12H13ClN2S/c1-8-5-10(13)12-11(6-8)16-7-9(3-4-14)15(12)2/h5-6,9H,3,7H2,1-2H3. The number of aryl methyl sites for hydroxylation is 1. The van der Waals surface area contributed by atoms with Crippen LogP contribution in [0.1, 0.15) is 12.0 Å². The smallest absolute Gasteiger partial charge is 0.0694 e. The van der Waals surface area contributed by atoms with Crippen LogP contribution in [-0.2, 0) is 0 Å². The number of hydrogen-bond acceptors (Lipinski definition) is 3. The summed E-state index contributed by atoms with van der Waals surface area (Å²) in [7, 11) is 2.02. The van der Waals surface area contributed by atoms with Crippen LogP contribution in [0.15, 0.2) is 17.0 Å². The van der Waals surface area contributed by atoms with Gasteiger partial charge in [0.05, 0.1) is 29.2 Å². The molecule has 0 bridgehead atoms. The Morgan fingerprint density at radius 1 is 1.62 bits per heavy atom. The number of benzene rings is 1. The van der Waals surface area contributed by atoms with Gasteiger partial charge in [-0.05, 0) is 24.6 Å². The van der Waals surface area contributed by atoms with Crippen molar-refractivity contribution in [2.24, 2.45) is 0 Å². The van der Waals surface area contributed by atoms with Crippen LogP contribution in [0.5, 0.6) is 0 Å². The number of hydrogen-bond donors (Lipinski definition) is 0. The minimum absolute atomic E-state index is 0.266. The normalized spacial score (nSPS) is 19.1. The molecule has 16 heavy (non-hydrogen) atoms. The SMILES string of the molecule is Cc1cc(Cl)c2c(c1)SCC(CC#N)N2C. The van der Waals surface area contributed by atoms with Crippen LogP contribution in [0.2, 0.25) is 5.02 Å². The Labute approximate surface area is 105 Å². The summed E-state index contributed by atoms with van der Waals surface area (Å²) in [6.07, 6.45) is 0.549. The second-order valence-electron chi connectivity index (χ2n) is 4.03. The molecular formula is C12H13ClN2S. The van der Waals surface area contributed by atoms with E-state index in [9.17, 15) is 0 Å². The second kappa shape index (κ2) is 4.57. The summed E-state index contributed by atoms with van der Waals surface area (Å²) < 4.78 is 0. The molecule has 1 heterocycles.